The molecule has 4 N–H and O–H groups in total. The summed E-state index contributed by atoms with van der Waals surface area (Å²) in [6, 6.07) is 12.4. The van der Waals surface area contributed by atoms with E-state index in [1.165, 1.54) is 0 Å². The molecule has 0 fully saturated rings. The minimum absolute atomic E-state index is 0.114. The first-order valence-electron chi connectivity index (χ1n) is 6.70. The van der Waals surface area contributed by atoms with Crippen LogP contribution in [-0.2, 0) is 6.54 Å². The number of rotatable bonds is 4. The number of benzene rings is 2. The van der Waals surface area contributed by atoms with E-state index >= 15 is 0 Å². The maximum absolute atomic E-state index is 12.6. The molecule has 2 rings (SSSR count). The molecule has 0 bridgehead atoms. The molecule has 110 valence electrons. The first kappa shape index (κ1) is 15.2. The third kappa shape index (κ3) is 3.67. The lowest BCUT2D eigenvalue weighted by Gasteiger charge is -2.22. The molecule has 1 amide bonds. The monoisotopic (exact) mass is 303 g/mol. The van der Waals surface area contributed by atoms with Gasteiger partial charge in [0.2, 0.25) is 0 Å². The zero-order valence-electron chi connectivity index (χ0n) is 11.8. The molecule has 0 aliphatic carbocycles. The van der Waals surface area contributed by atoms with Crippen molar-refractivity contribution in [2.75, 3.05) is 18.0 Å². The van der Waals surface area contributed by atoms with Crippen LogP contribution >= 0.6 is 11.6 Å². The van der Waals surface area contributed by atoms with E-state index in [9.17, 15) is 4.79 Å². The zero-order valence-corrected chi connectivity index (χ0v) is 12.6. The normalized spacial score (nSPS) is 10.4. The Labute approximate surface area is 129 Å². The van der Waals surface area contributed by atoms with Gasteiger partial charge in [0, 0.05) is 35.1 Å². The number of nitrogens with zero attached hydrogens (tertiary/aromatic N) is 1. The van der Waals surface area contributed by atoms with Gasteiger partial charge in [-0.05, 0) is 36.8 Å². The van der Waals surface area contributed by atoms with Crippen LogP contribution in [0.25, 0.3) is 0 Å². The van der Waals surface area contributed by atoms with Crippen molar-refractivity contribution in [3.63, 3.8) is 0 Å². The molecule has 0 atom stereocenters. The standard InChI is InChI=1S/C16H18ClN3O/c1-2-20(10-11-5-3-4-6-15(11)17)16(21)12-7-13(18)9-14(19)8-12/h3-9H,2,10,18-19H2,1H3. The summed E-state index contributed by atoms with van der Waals surface area (Å²) in [4.78, 5) is 14.3. The van der Waals surface area contributed by atoms with Gasteiger partial charge in [0.05, 0.1) is 0 Å². The topological polar surface area (TPSA) is 72.3 Å². The van der Waals surface area contributed by atoms with Crippen molar-refractivity contribution < 1.29 is 4.79 Å². The minimum atomic E-state index is -0.114. The molecular formula is C16H18ClN3O. The number of amides is 1. The van der Waals surface area contributed by atoms with Gasteiger partial charge in [-0.15, -0.1) is 0 Å². The number of nitrogen functional groups attached to an aromatic ring is 2. The number of carbonyl (C=O) groups is 1. The van der Waals surface area contributed by atoms with Gasteiger partial charge in [-0.1, -0.05) is 29.8 Å². The van der Waals surface area contributed by atoms with E-state index < -0.39 is 0 Å². The SMILES string of the molecule is CCN(Cc1ccccc1Cl)C(=O)c1cc(N)cc(N)c1. The van der Waals surface area contributed by atoms with Gasteiger partial charge in [0.15, 0.2) is 0 Å². The Kier molecular flexibility index (Phi) is 4.70. The number of carbonyl (C=O) groups excluding carboxylic acids is 1. The average Bonchev–Trinajstić information content (AvgIpc) is 2.44. The van der Waals surface area contributed by atoms with E-state index in [4.69, 9.17) is 23.1 Å². The van der Waals surface area contributed by atoms with Crippen LogP contribution in [0.3, 0.4) is 0 Å². The van der Waals surface area contributed by atoms with E-state index in [0.29, 0.717) is 35.1 Å². The molecule has 2 aromatic carbocycles. The Bertz CT molecular complexity index is 637. The predicted octanol–water partition coefficient (Wildman–Crippen LogP) is 3.17. The Hall–Kier alpha value is -2.20. The largest absolute Gasteiger partial charge is 0.399 e. The highest BCUT2D eigenvalue weighted by atomic mass is 35.5. The fraction of sp³-hybridized carbons (Fsp3) is 0.188. The Morgan fingerprint density at radius 3 is 2.33 bits per heavy atom. The van der Waals surface area contributed by atoms with Crippen LogP contribution in [0.2, 0.25) is 5.02 Å². The van der Waals surface area contributed by atoms with E-state index in [0.717, 1.165) is 5.56 Å². The lowest BCUT2D eigenvalue weighted by molar-refractivity contribution is 0.0753. The van der Waals surface area contributed by atoms with Gasteiger partial charge in [-0.25, -0.2) is 0 Å². The molecule has 0 heterocycles. The predicted molar refractivity (Wildman–Crippen MR) is 87.1 cm³/mol. The van der Waals surface area contributed by atoms with Crippen LogP contribution in [0, 0.1) is 0 Å². The highest BCUT2D eigenvalue weighted by Crippen LogP contribution is 2.20. The van der Waals surface area contributed by atoms with E-state index in [1.54, 1.807) is 23.1 Å². The summed E-state index contributed by atoms with van der Waals surface area (Å²) in [6.45, 7) is 2.94. The third-order valence-electron chi connectivity index (χ3n) is 3.21. The Balaban J connectivity index is 2.24. The van der Waals surface area contributed by atoms with Gasteiger partial charge >= 0.3 is 0 Å². The van der Waals surface area contributed by atoms with Gasteiger partial charge in [0.1, 0.15) is 0 Å². The fourth-order valence-electron chi connectivity index (χ4n) is 2.14. The van der Waals surface area contributed by atoms with Crippen molar-refractivity contribution in [2.24, 2.45) is 0 Å². The van der Waals surface area contributed by atoms with E-state index in [1.807, 2.05) is 31.2 Å². The van der Waals surface area contributed by atoms with E-state index in [-0.39, 0.29) is 5.91 Å². The molecule has 0 aromatic heterocycles. The molecule has 4 nitrogen and oxygen atoms in total. The van der Waals surface area contributed by atoms with Crippen molar-refractivity contribution in [3.05, 3.63) is 58.6 Å². The molecule has 0 aliphatic rings. The van der Waals surface area contributed by atoms with Gasteiger partial charge < -0.3 is 16.4 Å². The first-order chi connectivity index (χ1) is 10.0. The lowest BCUT2D eigenvalue weighted by atomic mass is 10.1. The number of hydrogen-bond donors (Lipinski definition) is 2. The van der Waals surface area contributed by atoms with Crippen molar-refractivity contribution in [1.29, 1.82) is 0 Å². The Morgan fingerprint density at radius 1 is 1.14 bits per heavy atom. The second kappa shape index (κ2) is 6.50. The summed E-state index contributed by atoms with van der Waals surface area (Å²) in [6.07, 6.45) is 0. The summed E-state index contributed by atoms with van der Waals surface area (Å²) in [7, 11) is 0. The van der Waals surface area contributed by atoms with Crippen molar-refractivity contribution in [2.45, 2.75) is 13.5 Å². The van der Waals surface area contributed by atoms with Crippen molar-refractivity contribution in [3.8, 4) is 0 Å². The maximum atomic E-state index is 12.6. The second-order valence-electron chi connectivity index (χ2n) is 4.80. The molecule has 0 radical (unpaired) electrons. The van der Waals surface area contributed by atoms with Crippen molar-refractivity contribution in [1.82, 2.24) is 4.90 Å². The van der Waals surface area contributed by atoms with Crippen molar-refractivity contribution >= 4 is 28.9 Å². The van der Waals surface area contributed by atoms with Gasteiger partial charge in [-0.3, -0.25) is 4.79 Å². The molecule has 0 saturated heterocycles. The maximum Gasteiger partial charge on any atom is 0.254 e. The van der Waals surface area contributed by atoms with Crippen LogP contribution in [0.4, 0.5) is 11.4 Å². The van der Waals surface area contributed by atoms with Crippen LogP contribution in [0.1, 0.15) is 22.8 Å². The molecule has 21 heavy (non-hydrogen) atoms. The summed E-state index contributed by atoms with van der Waals surface area (Å²) in [5, 5.41) is 0.649. The summed E-state index contributed by atoms with van der Waals surface area (Å²) in [5.74, 6) is -0.114. The summed E-state index contributed by atoms with van der Waals surface area (Å²) >= 11 is 6.15. The lowest BCUT2D eigenvalue weighted by Crippen LogP contribution is -2.30. The zero-order chi connectivity index (χ0) is 15.4. The second-order valence-corrected chi connectivity index (χ2v) is 5.21. The van der Waals surface area contributed by atoms with Crippen LogP contribution < -0.4 is 11.5 Å². The summed E-state index contributed by atoms with van der Waals surface area (Å²) in [5.41, 5.74) is 13.8. The number of nitrogens with two attached hydrogens (primary N) is 2. The first-order valence-corrected chi connectivity index (χ1v) is 7.07. The van der Waals surface area contributed by atoms with Crippen LogP contribution in [-0.4, -0.2) is 17.4 Å². The molecule has 0 spiro atoms. The van der Waals surface area contributed by atoms with Crippen LogP contribution in [0.5, 0.6) is 0 Å². The van der Waals surface area contributed by atoms with Gasteiger partial charge in [-0.2, -0.15) is 0 Å². The highest BCUT2D eigenvalue weighted by Gasteiger charge is 2.16. The summed E-state index contributed by atoms with van der Waals surface area (Å²) < 4.78 is 0. The Morgan fingerprint density at radius 2 is 1.76 bits per heavy atom. The molecule has 2 aromatic rings. The van der Waals surface area contributed by atoms with Gasteiger partial charge in [0.25, 0.3) is 5.91 Å². The molecule has 0 saturated carbocycles. The number of hydrogen-bond acceptors (Lipinski definition) is 3. The number of anilines is 2. The average molecular weight is 304 g/mol. The minimum Gasteiger partial charge on any atom is -0.399 e. The smallest absolute Gasteiger partial charge is 0.254 e. The molecule has 5 heteroatoms. The number of halogens is 1. The molecule has 0 aliphatic heterocycles. The molecular weight excluding hydrogens is 286 g/mol. The van der Waals surface area contributed by atoms with E-state index in [2.05, 4.69) is 0 Å². The van der Waals surface area contributed by atoms with Crippen LogP contribution in [0.15, 0.2) is 42.5 Å². The third-order valence-corrected chi connectivity index (χ3v) is 3.58. The highest BCUT2D eigenvalue weighted by molar-refractivity contribution is 6.31. The molecule has 0 unspecified atom stereocenters. The fourth-order valence-corrected chi connectivity index (χ4v) is 2.34. The quantitative estimate of drug-likeness (QED) is 0.852.